The molecule has 1 spiro atoms. The van der Waals surface area contributed by atoms with Crippen LogP contribution >= 0.6 is 0 Å². The van der Waals surface area contributed by atoms with E-state index in [4.69, 9.17) is 9.78 Å². The fourth-order valence-electron chi connectivity index (χ4n) is 2.37. The summed E-state index contributed by atoms with van der Waals surface area (Å²) in [6.07, 6.45) is 10.2. The third kappa shape index (κ3) is 1.80. The minimum Gasteiger partial charge on any atom is -0.236 e. The van der Waals surface area contributed by atoms with Crippen LogP contribution in [0.3, 0.4) is 0 Å². The van der Waals surface area contributed by atoms with Gasteiger partial charge >= 0.3 is 0 Å². The molecular weight excluding hydrogens is 152 g/mol. The van der Waals surface area contributed by atoms with Crippen LogP contribution in [0.4, 0.5) is 0 Å². The van der Waals surface area contributed by atoms with Crippen LogP contribution in [-0.2, 0) is 9.78 Å². The van der Waals surface area contributed by atoms with Gasteiger partial charge in [-0.3, -0.25) is 0 Å². The number of hydrogen-bond acceptors (Lipinski definition) is 2. The minimum atomic E-state index is 0.120. The Labute approximate surface area is 74.2 Å². The Balaban J connectivity index is 1.95. The predicted molar refractivity (Wildman–Crippen MR) is 46.7 cm³/mol. The molecule has 2 fully saturated rings. The van der Waals surface area contributed by atoms with Crippen molar-refractivity contribution >= 4 is 0 Å². The van der Waals surface area contributed by atoms with Crippen molar-refractivity contribution in [3.8, 4) is 0 Å². The smallest absolute Gasteiger partial charge is 0.104 e. The van der Waals surface area contributed by atoms with E-state index in [9.17, 15) is 0 Å². The maximum atomic E-state index is 5.49. The molecule has 1 heterocycles. The average molecular weight is 170 g/mol. The molecule has 2 rings (SSSR count). The van der Waals surface area contributed by atoms with Crippen molar-refractivity contribution in [3.05, 3.63) is 0 Å². The van der Waals surface area contributed by atoms with Gasteiger partial charge in [0.05, 0.1) is 6.61 Å². The van der Waals surface area contributed by atoms with Crippen LogP contribution in [0.5, 0.6) is 0 Å². The van der Waals surface area contributed by atoms with Gasteiger partial charge in [0.2, 0.25) is 0 Å². The molecule has 1 aliphatic carbocycles. The Bertz CT molecular complexity index is 129. The summed E-state index contributed by atoms with van der Waals surface area (Å²) in [5.74, 6) is 0. The van der Waals surface area contributed by atoms with Gasteiger partial charge in [-0.2, -0.15) is 0 Å². The van der Waals surface area contributed by atoms with Gasteiger partial charge in [0.15, 0.2) is 0 Å². The predicted octanol–water partition coefficient (Wildman–Crippen LogP) is 2.82. The van der Waals surface area contributed by atoms with E-state index in [1.165, 1.54) is 51.4 Å². The summed E-state index contributed by atoms with van der Waals surface area (Å²) in [6.45, 7) is 0.793. The fourth-order valence-corrected chi connectivity index (χ4v) is 2.37. The zero-order valence-corrected chi connectivity index (χ0v) is 7.68. The maximum Gasteiger partial charge on any atom is 0.104 e. The van der Waals surface area contributed by atoms with E-state index in [-0.39, 0.29) is 5.60 Å². The highest BCUT2D eigenvalue weighted by atomic mass is 17.2. The van der Waals surface area contributed by atoms with Crippen LogP contribution in [0.2, 0.25) is 0 Å². The second kappa shape index (κ2) is 3.75. The first kappa shape index (κ1) is 8.52. The average Bonchev–Trinajstić information content (AvgIpc) is 2.33. The molecule has 1 saturated carbocycles. The SMILES string of the molecule is C1CCCC2(CC1)CCCOO2. The van der Waals surface area contributed by atoms with Gasteiger partial charge in [0, 0.05) is 0 Å². The molecule has 0 amide bonds. The van der Waals surface area contributed by atoms with Gasteiger partial charge in [-0.25, -0.2) is 9.78 Å². The zero-order valence-electron chi connectivity index (χ0n) is 7.68. The Morgan fingerprint density at radius 1 is 0.750 bits per heavy atom. The summed E-state index contributed by atoms with van der Waals surface area (Å²) in [5.41, 5.74) is 0.120. The van der Waals surface area contributed by atoms with Crippen molar-refractivity contribution in [2.45, 2.75) is 57.0 Å². The molecule has 70 valence electrons. The molecule has 1 saturated heterocycles. The highest BCUT2D eigenvalue weighted by Crippen LogP contribution is 2.36. The molecule has 0 aromatic rings. The molecule has 12 heavy (non-hydrogen) atoms. The lowest BCUT2D eigenvalue weighted by molar-refractivity contribution is -0.386. The standard InChI is InChI=1S/C10H18O2/c1-2-4-7-10(6-3-1)8-5-9-11-12-10/h1-9H2. The summed E-state index contributed by atoms with van der Waals surface area (Å²) in [4.78, 5) is 10.6. The van der Waals surface area contributed by atoms with Gasteiger partial charge in [0.25, 0.3) is 0 Å². The molecule has 0 aromatic carbocycles. The van der Waals surface area contributed by atoms with Crippen molar-refractivity contribution in [3.63, 3.8) is 0 Å². The normalized spacial score (nSPS) is 30.0. The maximum absolute atomic E-state index is 5.49. The fraction of sp³-hybridized carbons (Fsp3) is 1.00. The molecule has 0 atom stereocenters. The highest BCUT2D eigenvalue weighted by molar-refractivity contribution is 4.83. The largest absolute Gasteiger partial charge is 0.236 e. The van der Waals surface area contributed by atoms with Gasteiger partial charge in [-0.15, -0.1) is 0 Å². The lowest BCUT2D eigenvalue weighted by atomic mass is 9.89. The first-order valence-corrected chi connectivity index (χ1v) is 5.22. The minimum absolute atomic E-state index is 0.120. The van der Waals surface area contributed by atoms with Gasteiger partial charge in [0.1, 0.15) is 5.60 Å². The Morgan fingerprint density at radius 3 is 2.00 bits per heavy atom. The summed E-state index contributed by atoms with van der Waals surface area (Å²) in [7, 11) is 0. The van der Waals surface area contributed by atoms with Gasteiger partial charge in [-0.05, 0) is 25.7 Å². The Hall–Kier alpha value is -0.0800. The summed E-state index contributed by atoms with van der Waals surface area (Å²) >= 11 is 0. The third-order valence-electron chi connectivity index (χ3n) is 3.11. The van der Waals surface area contributed by atoms with Crippen LogP contribution in [0.1, 0.15) is 51.4 Å². The second-order valence-corrected chi connectivity index (χ2v) is 4.11. The van der Waals surface area contributed by atoms with Crippen LogP contribution < -0.4 is 0 Å². The topological polar surface area (TPSA) is 18.5 Å². The highest BCUT2D eigenvalue weighted by Gasteiger charge is 2.35. The lowest BCUT2D eigenvalue weighted by Gasteiger charge is -2.34. The van der Waals surface area contributed by atoms with E-state index in [1.54, 1.807) is 0 Å². The first-order valence-electron chi connectivity index (χ1n) is 5.22. The zero-order chi connectivity index (χ0) is 8.28. The monoisotopic (exact) mass is 170 g/mol. The van der Waals surface area contributed by atoms with E-state index in [1.807, 2.05) is 0 Å². The molecule has 0 aromatic heterocycles. The molecule has 0 bridgehead atoms. The molecule has 2 aliphatic rings. The van der Waals surface area contributed by atoms with Gasteiger partial charge < -0.3 is 0 Å². The summed E-state index contributed by atoms with van der Waals surface area (Å²) in [6, 6.07) is 0. The molecule has 0 radical (unpaired) electrons. The molecular formula is C10H18O2. The molecule has 2 nitrogen and oxygen atoms in total. The molecule has 0 N–H and O–H groups in total. The Morgan fingerprint density at radius 2 is 1.42 bits per heavy atom. The van der Waals surface area contributed by atoms with E-state index < -0.39 is 0 Å². The summed E-state index contributed by atoms with van der Waals surface area (Å²) in [5, 5.41) is 0. The van der Waals surface area contributed by atoms with Crippen molar-refractivity contribution in [1.82, 2.24) is 0 Å². The van der Waals surface area contributed by atoms with E-state index in [2.05, 4.69) is 0 Å². The number of hydrogen-bond donors (Lipinski definition) is 0. The van der Waals surface area contributed by atoms with E-state index >= 15 is 0 Å². The van der Waals surface area contributed by atoms with Gasteiger partial charge in [-0.1, -0.05) is 25.7 Å². The van der Waals surface area contributed by atoms with Crippen molar-refractivity contribution in [2.75, 3.05) is 6.61 Å². The van der Waals surface area contributed by atoms with Crippen LogP contribution in [-0.4, -0.2) is 12.2 Å². The quantitative estimate of drug-likeness (QED) is 0.520. The lowest BCUT2D eigenvalue weighted by Crippen LogP contribution is -2.36. The van der Waals surface area contributed by atoms with Crippen molar-refractivity contribution in [1.29, 1.82) is 0 Å². The summed E-state index contributed by atoms with van der Waals surface area (Å²) < 4.78 is 0. The van der Waals surface area contributed by atoms with Crippen LogP contribution in [0, 0.1) is 0 Å². The second-order valence-electron chi connectivity index (χ2n) is 4.11. The van der Waals surface area contributed by atoms with Crippen LogP contribution in [0.25, 0.3) is 0 Å². The first-order chi connectivity index (χ1) is 5.91. The van der Waals surface area contributed by atoms with Crippen LogP contribution in [0.15, 0.2) is 0 Å². The molecule has 2 heteroatoms. The number of rotatable bonds is 0. The molecule has 0 unspecified atom stereocenters. The third-order valence-corrected chi connectivity index (χ3v) is 3.11. The van der Waals surface area contributed by atoms with Crippen molar-refractivity contribution < 1.29 is 9.78 Å². The molecule has 1 aliphatic heterocycles. The van der Waals surface area contributed by atoms with Crippen molar-refractivity contribution in [2.24, 2.45) is 0 Å². The Kier molecular flexibility index (Phi) is 2.66. The van der Waals surface area contributed by atoms with E-state index in [0.29, 0.717) is 0 Å². The van der Waals surface area contributed by atoms with E-state index in [0.717, 1.165) is 6.61 Å².